The molecule has 0 aromatic rings. The standard InChI is InChI=1S/C7H17N.C4H4O4.K/c1-4-7(8,5-2)6-3;5-3(6)1-2-4(7)8;/h4-6,8H2,1-3H3;1-2H,(H,5,6)(H,7,8);/q;;+1/p-1/b;2-1-;. The minimum Gasteiger partial charge on any atom is -0.545 e. The Morgan fingerprint density at radius 3 is 1.59 bits per heavy atom. The number of carboxylic acids is 2. The van der Waals surface area contributed by atoms with Crippen molar-refractivity contribution in [1.82, 2.24) is 0 Å². The van der Waals surface area contributed by atoms with Crippen molar-refractivity contribution in [3.05, 3.63) is 12.2 Å². The van der Waals surface area contributed by atoms with Crippen molar-refractivity contribution in [2.24, 2.45) is 5.73 Å². The molecule has 0 amide bonds. The van der Waals surface area contributed by atoms with Gasteiger partial charge in [0, 0.05) is 11.6 Å². The van der Waals surface area contributed by atoms with Gasteiger partial charge in [-0.25, -0.2) is 4.79 Å². The van der Waals surface area contributed by atoms with Crippen LogP contribution in [0.1, 0.15) is 40.0 Å². The first kappa shape index (κ1) is 22.5. The fourth-order valence-corrected chi connectivity index (χ4v) is 0.889. The SMILES string of the molecule is CCC(N)(CC)CC.O=C([O-])/C=C\C(=O)O.[K+]. The summed E-state index contributed by atoms with van der Waals surface area (Å²) in [6.45, 7) is 6.44. The Balaban J connectivity index is -0.000000218. The number of carbonyl (C=O) groups is 2. The molecule has 0 unspecified atom stereocenters. The monoisotopic (exact) mass is 269 g/mol. The molecule has 3 N–H and O–H groups in total. The van der Waals surface area contributed by atoms with Crippen LogP contribution in [0.2, 0.25) is 0 Å². The Kier molecular flexibility index (Phi) is 16.8. The van der Waals surface area contributed by atoms with Crippen LogP contribution in [0, 0.1) is 0 Å². The molecule has 0 fully saturated rings. The van der Waals surface area contributed by atoms with Gasteiger partial charge in [-0.2, -0.15) is 0 Å². The van der Waals surface area contributed by atoms with E-state index in [9.17, 15) is 14.7 Å². The second kappa shape index (κ2) is 12.7. The molecule has 0 spiro atoms. The molecule has 0 bridgehead atoms. The summed E-state index contributed by atoms with van der Waals surface area (Å²) in [4.78, 5) is 19.0. The van der Waals surface area contributed by atoms with Crippen molar-refractivity contribution in [3.63, 3.8) is 0 Å². The maximum absolute atomic E-state index is 9.53. The molecule has 0 aliphatic heterocycles. The zero-order valence-corrected chi connectivity index (χ0v) is 14.1. The van der Waals surface area contributed by atoms with Crippen LogP contribution in [0.4, 0.5) is 0 Å². The van der Waals surface area contributed by atoms with Gasteiger partial charge in [0.15, 0.2) is 0 Å². The van der Waals surface area contributed by atoms with Crippen LogP contribution in [0.5, 0.6) is 0 Å². The molecule has 5 nitrogen and oxygen atoms in total. The molecule has 0 heterocycles. The second-order valence-electron chi connectivity index (χ2n) is 3.41. The van der Waals surface area contributed by atoms with E-state index in [1.807, 2.05) is 0 Å². The molecule has 0 aliphatic carbocycles. The van der Waals surface area contributed by atoms with E-state index in [0.717, 1.165) is 19.3 Å². The first-order chi connectivity index (χ1) is 7.31. The summed E-state index contributed by atoms with van der Waals surface area (Å²) in [5.74, 6) is -2.80. The Labute approximate surface area is 145 Å². The number of hydrogen-bond acceptors (Lipinski definition) is 4. The number of hydrogen-bond donors (Lipinski definition) is 2. The minimum absolute atomic E-state index is 0. The summed E-state index contributed by atoms with van der Waals surface area (Å²) in [6, 6.07) is 0. The molecule has 6 heteroatoms. The van der Waals surface area contributed by atoms with Gasteiger partial charge in [-0.1, -0.05) is 20.8 Å². The van der Waals surface area contributed by atoms with Gasteiger partial charge in [-0.3, -0.25) is 0 Å². The Bertz CT molecular complexity index is 226. The van der Waals surface area contributed by atoms with Crippen LogP contribution in [-0.2, 0) is 9.59 Å². The number of nitrogens with two attached hydrogens (primary N) is 1. The average molecular weight is 269 g/mol. The van der Waals surface area contributed by atoms with Gasteiger partial charge in [0.25, 0.3) is 0 Å². The summed E-state index contributed by atoms with van der Waals surface area (Å²) in [7, 11) is 0. The summed E-state index contributed by atoms with van der Waals surface area (Å²) in [5, 5.41) is 17.2. The van der Waals surface area contributed by atoms with Crippen LogP contribution >= 0.6 is 0 Å². The molecular formula is C11H20KNO4. The maximum Gasteiger partial charge on any atom is 1.00 e. The van der Waals surface area contributed by atoms with E-state index in [0.29, 0.717) is 12.2 Å². The number of rotatable bonds is 5. The van der Waals surface area contributed by atoms with Gasteiger partial charge in [0.05, 0.1) is 5.97 Å². The van der Waals surface area contributed by atoms with Crippen LogP contribution in [-0.4, -0.2) is 22.6 Å². The Hall–Kier alpha value is 0.276. The van der Waals surface area contributed by atoms with Crippen molar-refractivity contribution < 1.29 is 71.2 Å². The van der Waals surface area contributed by atoms with Gasteiger partial charge in [0.1, 0.15) is 0 Å². The normalized spacial score (nSPS) is 10.1. The second-order valence-corrected chi connectivity index (χ2v) is 3.41. The third-order valence-corrected chi connectivity index (χ3v) is 2.47. The van der Waals surface area contributed by atoms with Crippen molar-refractivity contribution in [2.75, 3.05) is 0 Å². The molecule has 0 aromatic heterocycles. The molecule has 0 aromatic carbocycles. The van der Waals surface area contributed by atoms with E-state index in [2.05, 4.69) is 20.8 Å². The van der Waals surface area contributed by atoms with Crippen molar-refractivity contribution >= 4 is 11.9 Å². The van der Waals surface area contributed by atoms with Gasteiger partial charge in [-0.05, 0) is 25.3 Å². The predicted molar refractivity (Wildman–Crippen MR) is 59.6 cm³/mol. The van der Waals surface area contributed by atoms with Crippen molar-refractivity contribution in [2.45, 2.75) is 45.6 Å². The molecule has 0 radical (unpaired) electrons. The third-order valence-electron chi connectivity index (χ3n) is 2.47. The van der Waals surface area contributed by atoms with Crippen LogP contribution < -0.4 is 62.2 Å². The van der Waals surface area contributed by atoms with Crippen LogP contribution in [0.3, 0.4) is 0 Å². The van der Waals surface area contributed by atoms with E-state index in [1.54, 1.807) is 0 Å². The molecule has 0 rings (SSSR count). The van der Waals surface area contributed by atoms with E-state index in [4.69, 9.17) is 10.8 Å². The first-order valence-electron chi connectivity index (χ1n) is 5.22. The van der Waals surface area contributed by atoms with Gasteiger partial charge >= 0.3 is 57.4 Å². The van der Waals surface area contributed by atoms with Gasteiger partial charge in [0.2, 0.25) is 0 Å². The van der Waals surface area contributed by atoms with Gasteiger partial charge in [-0.15, -0.1) is 0 Å². The topological polar surface area (TPSA) is 103 Å². The average Bonchev–Trinajstić information content (AvgIpc) is 2.26. The van der Waals surface area contributed by atoms with Crippen LogP contribution in [0.25, 0.3) is 0 Å². The third kappa shape index (κ3) is 16.3. The molecule has 17 heavy (non-hydrogen) atoms. The smallest absolute Gasteiger partial charge is 0.545 e. The first-order valence-corrected chi connectivity index (χ1v) is 5.22. The molecule has 0 saturated carbocycles. The molecular weight excluding hydrogens is 249 g/mol. The predicted octanol–water partition coefficient (Wildman–Crippen LogP) is -2.70. The van der Waals surface area contributed by atoms with Crippen LogP contribution in [0.15, 0.2) is 12.2 Å². The van der Waals surface area contributed by atoms with E-state index < -0.39 is 11.9 Å². The minimum atomic E-state index is -1.51. The van der Waals surface area contributed by atoms with Crippen molar-refractivity contribution in [1.29, 1.82) is 0 Å². The molecule has 94 valence electrons. The largest absolute Gasteiger partial charge is 1.00 e. The summed E-state index contributed by atoms with van der Waals surface area (Å²) >= 11 is 0. The van der Waals surface area contributed by atoms with E-state index in [-0.39, 0.29) is 56.9 Å². The molecule has 0 aliphatic rings. The Morgan fingerprint density at radius 1 is 1.18 bits per heavy atom. The molecule has 0 atom stereocenters. The fraction of sp³-hybridized carbons (Fsp3) is 0.636. The van der Waals surface area contributed by atoms with E-state index >= 15 is 0 Å². The number of carboxylic acid groups (broad SMARTS) is 2. The number of carbonyl (C=O) groups excluding carboxylic acids is 1. The fourth-order valence-electron chi connectivity index (χ4n) is 0.889. The van der Waals surface area contributed by atoms with Crippen molar-refractivity contribution in [3.8, 4) is 0 Å². The molecule has 0 saturated heterocycles. The Morgan fingerprint density at radius 2 is 1.53 bits per heavy atom. The quantitative estimate of drug-likeness (QED) is 0.417. The summed E-state index contributed by atoms with van der Waals surface area (Å²) in [6.07, 6.45) is 4.23. The zero-order chi connectivity index (χ0) is 13.2. The maximum atomic E-state index is 9.53. The summed E-state index contributed by atoms with van der Waals surface area (Å²) < 4.78 is 0. The summed E-state index contributed by atoms with van der Waals surface area (Å²) in [5.41, 5.74) is 6.02. The zero-order valence-electron chi connectivity index (χ0n) is 11.0. The van der Waals surface area contributed by atoms with E-state index in [1.165, 1.54) is 0 Å². The van der Waals surface area contributed by atoms with Gasteiger partial charge < -0.3 is 20.7 Å². The number of aliphatic carboxylic acids is 2.